The van der Waals surface area contributed by atoms with Gasteiger partial charge >= 0.3 is 0 Å². The lowest BCUT2D eigenvalue weighted by Crippen LogP contribution is -3.00. The van der Waals surface area contributed by atoms with Crippen LogP contribution in [0.3, 0.4) is 0 Å². The van der Waals surface area contributed by atoms with E-state index in [4.69, 9.17) is 0 Å². The van der Waals surface area contributed by atoms with Crippen molar-refractivity contribution in [3.8, 4) is 11.8 Å². The highest BCUT2D eigenvalue weighted by Gasteiger charge is 2.46. The number of aliphatic hydroxyl groups is 1. The van der Waals surface area contributed by atoms with Gasteiger partial charge in [-0.3, -0.25) is 0 Å². The largest absolute Gasteiger partial charge is 1.00 e. The second-order valence-corrected chi connectivity index (χ2v) is 5.31. The molecule has 0 aromatic heterocycles. The standard InChI is InChI=1S/C13H22NO.HI/c1-6-7-8-13(15)9-12(3)14(4,5)10-11(13)2;/h6,11-12,15H,1,9-10H2,2-5H3;1H/q+1;/p-1. The molecule has 0 aromatic rings. The van der Waals surface area contributed by atoms with Gasteiger partial charge < -0.3 is 33.6 Å². The van der Waals surface area contributed by atoms with Crippen LogP contribution in [0, 0.1) is 17.8 Å². The molecule has 0 bridgehead atoms. The summed E-state index contributed by atoms with van der Waals surface area (Å²) in [5.74, 6) is 5.94. The first-order valence-corrected chi connectivity index (χ1v) is 5.50. The van der Waals surface area contributed by atoms with Crippen molar-refractivity contribution in [1.29, 1.82) is 0 Å². The number of halogens is 1. The quantitative estimate of drug-likeness (QED) is 0.322. The second-order valence-electron chi connectivity index (χ2n) is 5.31. The van der Waals surface area contributed by atoms with Crippen molar-refractivity contribution >= 4 is 0 Å². The molecular weight excluding hydrogens is 313 g/mol. The first-order chi connectivity index (χ1) is 6.82. The third kappa shape index (κ3) is 3.22. The van der Waals surface area contributed by atoms with Gasteiger partial charge in [0, 0.05) is 12.3 Å². The van der Waals surface area contributed by atoms with E-state index in [0.29, 0.717) is 6.04 Å². The minimum atomic E-state index is -0.832. The topological polar surface area (TPSA) is 20.2 Å². The van der Waals surface area contributed by atoms with E-state index in [2.05, 4.69) is 46.4 Å². The molecule has 3 heteroatoms. The highest BCUT2D eigenvalue weighted by Crippen LogP contribution is 2.33. The summed E-state index contributed by atoms with van der Waals surface area (Å²) >= 11 is 0. The third-order valence-electron chi connectivity index (χ3n) is 3.75. The molecular formula is C13H22INO. The van der Waals surface area contributed by atoms with E-state index in [1.807, 2.05) is 0 Å². The van der Waals surface area contributed by atoms with Gasteiger partial charge in [-0.1, -0.05) is 25.3 Å². The number of rotatable bonds is 0. The average Bonchev–Trinajstić information content (AvgIpc) is 2.12. The molecule has 1 aliphatic rings. The molecule has 0 amide bonds. The maximum absolute atomic E-state index is 10.4. The Hall–Kier alpha value is -0.0500. The first kappa shape index (κ1) is 16.0. The molecule has 1 fully saturated rings. The van der Waals surface area contributed by atoms with E-state index >= 15 is 0 Å². The van der Waals surface area contributed by atoms with Gasteiger partial charge in [0.25, 0.3) is 0 Å². The summed E-state index contributed by atoms with van der Waals surface area (Å²) in [4.78, 5) is 0. The Bertz CT molecular complexity index is 316. The normalized spacial score (nSPS) is 36.6. The molecule has 1 saturated heterocycles. The van der Waals surface area contributed by atoms with Crippen molar-refractivity contribution in [2.24, 2.45) is 5.92 Å². The van der Waals surface area contributed by atoms with Crippen molar-refractivity contribution in [2.45, 2.75) is 31.9 Å². The van der Waals surface area contributed by atoms with Gasteiger partial charge in [-0.2, -0.15) is 0 Å². The smallest absolute Gasteiger partial charge is 0.139 e. The van der Waals surface area contributed by atoms with Crippen molar-refractivity contribution in [1.82, 2.24) is 0 Å². The molecule has 1 aliphatic heterocycles. The predicted molar refractivity (Wildman–Crippen MR) is 63.1 cm³/mol. The van der Waals surface area contributed by atoms with Crippen LogP contribution in [0.15, 0.2) is 12.7 Å². The number of nitrogens with zero attached hydrogens (tertiary/aromatic N) is 1. The van der Waals surface area contributed by atoms with Gasteiger partial charge in [0.15, 0.2) is 0 Å². The van der Waals surface area contributed by atoms with Gasteiger partial charge in [0.05, 0.1) is 26.7 Å². The van der Waals surface area contributed by atoms with E-state index < -0.39 is 5.60 Å². The van der Waals surface area contributed by atoms with Crippen molar-refractivity contribution in [3.05, 3.63) is 12.7 Å². The molecule has 0 spiro atoms. The van der Waals surface area contributed by atoms with Gasteiger partial charge in [-0.25, -0.2) is 0 Å². The molecule has 0 saturated carbocycles. The Balaban J connectivity index is 0.00000225. The van der Waals surface area contributed by atoms with Crippen LogP contribution in [0.5, 0.6) is 0 Å². The Morgan fingerprint density at radius 2 is 2.00 bits per heavy atom. The molecule has 3 atom stereocenters. The van der Waals surface area contributed by atoms with E-state index in [0.717, 1.165) is 17.4 Å². The highest BCUT2D eigenvalue weighted by atomic mass is 127. The Kier molecular flexibility index (Phi) is 5.51. The number of quaternary nitrogens is 1. The first-order valence-electron chi connectivity index (χ1n) is 5.50. The van der Waals surface area contributed by atoms with Crippen LogP contribution in [-0.4, -0.2) is 41.9 Å². The van der Waals surface area contributed by atoms with Crippen LogP contribution in [0.1, 0.15) is 20.3 Å². The number of likely N-dealkylation sites (tertiary alicyclic amines) is 1. The van der Waals surface area contributed by atoms with Gasteiger partial charge in [-0.05, 0) is 13.0 Å². The highest BCUT2D eigenvalue weighted by molar-refractivity contribution is 5.22. The fourth-order valence-electron chi connectivity index (χ4n) is 2.29. The molecule has 92 valence electrons. The SMILES string of the molecule is C=CC#CC1(O)CC(C)[N+](C)(C)CC1C.[I-]. The van der Waals surface area contributed by atoms with Crippen LogP contribution in [0.25, 0.3) is 0 Å². The molecule has 3 unspecified atom stereocenters. The third-order valence-corrected chi connectivity index (χ3v) is 3.75. The summed E-state index contributed by atoms with van der Waals surface area (Å²) in [6, 6.07) is 0.435. The average molecular weight is 335 g/mol. The molecule has 0 aromatic carbocycles. The number of hydrogen-bond acceptors (Lipinski definition) is 1. The molecule has 16 heavy (non-hydrogen) atoms. The Morgan fingerprint density at radius 3 is 2.50 bits per heavy atom. The van der Waals surface area contributed by atoms with E-state index in [1.54, 1.807) is 6.08 Å². The second kappa shape index (κ2) is 5.52. The zero-order valence-corrected chi connectivity index (χ0v) is 12.8. The lowest BCUT2D eigenvalue weighted by Gasteiger charge is -2.48. The molecule has 2 nitrogen and oxygen atoms in total. The van der Waals surface area contributed by atoms with E-state index in [9.17, 15) is 5.11 Å². The fourth-order valence-corrected chi connectivity index (χ4v) is 2.29. The van der Waals surface area contributed by atoms with Gasteiger partial charge in [0.2, 0.25) is 0 Å². The number of hydrogen-bond donors (Lipinski definition) is 1. The van der Waals surface area contributed by atoms with Crippen molar-refractivity contribution in [2.75, 3.05) is 20.6 Å². The number of allylic oxidation sites excluding steroid dienone is 1. The summed E-state index contributed by atoms with van der Waals surface area (Å²) in [7, 11) is 4.42. The lowest BCUT2D eigenvalue weighted by atomic mass is 9.78. The monoisotopic (exact) mass is 335 g/mol. The summed E-state index contributed by atoms with van der Waals surface area (Å²) in [6.07, 6.45) is 2.28. The van der Waals surface area contributed by atoms with Crippen molar-refractivity contribution < 1.29 is 33.6 Å². The molecule has 0 radical (unpaired) electrons. The summed E-state index contributed by atoms with van der Waals surface area (Å²) in [6.45, 7) is 8.77. The van der Waals surface area contributed by atoms with Crippen LogP contribution in [0.4, 0.5) is 0 Å². The lowest BCUT2D eigenvalue weighted by molar-refractivity contribution is -0.923. The maximum atomic E-state index is 10.4. The van der Waals surface area contributed by atoms with Crippen LogP contribution >= 0.6 is 0 Å². The zero-order chi connectivity index (χ0) is 11.7. The van der Waals surface area contributed by atoms with E-state index in [1.165, 1.54) is 0 Å². The fraction of sp³-hybridized carbons (Fsp3) is 0.692. The molecule has 1 rings (SSSR count). The Morgan fingerprint density at radius 1 is 1.44 bits per heavy atom. The summed E-state index contributed by atoms with van der Waals surface area (Å²) in [5, 5.41) is 10.4. The van der Waals surface area contributed by atoms with Crippen molar-refractivity contribution in [3.63, 3.8) is 0 Å². The molecule has 1 heterocycles. The predicted octanol–water partition coefficient (Wildman–Crippen LogP) is -1.58. The van der Waals surface area contributed by atoms with Gasteiger partial charge in [-0.15, -0.1) is 0 Å². The number of piperidine rings is 1. The minimum Gasteiger partial charge on any atom is -1.00 e. The van der Waals surface area contributed by atoms with Crippen LogP contribution in [0.2, 0.25) is 0 Å². The summed E-state index contributed by atoms with van der Waals surface area (Å²) in [5.41, 5.74) is -0.832. The molecule has 0 aliphatic carbocycles. The van der Waals surface area contributed by atoms with E-state index in [-0.39, 0.29) is 29.9 Å². The minimum absolute atomic E-state index is 0. The van der Waals surface area contributed by atoms with Gasteiger partial charge in [0.1, 0.15) is 5.60 Å². The maximum Gasteiger partial charge on any atom is 0.139 e. The van der Waals surface area contributed by atoms with Crippen LogP contribution < -0.4 is 24.0 Å². The Labute approximate surface area is 116 Å². The zero-order valence-electron chi connectivity index (χ0n) is 10.6. The summed E-state index contributed by atoms with van der Waals surface area (Å²) < 4.78 is 0.958. The molecule has 1 N–H and O–H groups in total. The van der Waals surface area contributed by atoms with Crippen LogP contribution in [-0.2, 0) is 0 Å².